The highest BCUT2D eigenvalue weighted by atomic mass is 79.9. The molecule has 0 radical (unpaired) electrons. The predicted molar refractivity (Wildman–Crippen MR) is 161 cm³/mol. The highest BCUT2D eigenvalue weighted by Crippen LogP contribution is 2.34. The van der Waals surface area contributed by atoms with E-state index in [1.807, 2.05) is 48.5 Å². The second-order valence-electron chi connectivity index (χ2n) is 9.73. The number of halogens is 4. The van der Waals surface area contributed by atoms with Gasteiger partial charge in [0.05, 0.1) is 40.7 Å². The molecule has 0 fully saturated rings. The average Bonchev–Trinajstić information content (AvgIpc) is 3.31. The smallest absolute Gasteiger partial charge is 0.489 e. The summed E-state index contributed by atoms with van der Waals surface area (Å²) in [5.41, 5.74) is 3.14. The number of anilines is 1. The van der Waals surface area contributed by atoms with Crippen molar-refractivity contribution >= 4 is 50.3 Å². The molecule has 11 nitrogen and oxygen atoms in total. The summed E-state index contributed by atoms with van der Waals surface area (Å²) in [5, 5.41) is 28.2. The Morgan fingerprint density at radius 1 is 1.16 bits per heavy atom. The molecule has 0 spiro atoms. The number of carboxylic acids is 1. The van der Waals surface area contributed by atoms with Gasteiger partial charge in [-0.2, -0.15) is 23.5 Å². The van der Waals surface area contributed by atoms with E-state index in [1.165, 1.54) is 0 Å². The van der Waals surface area contributed by atoms with Crippen LogP contribution in [0.25, 0.3) is 16.6 Å². The van der Waals surface area contributed by atoms with Crippen LogP contribution in [0.1, 0.15) is 18.2 Å². The summed E-state index contributed by atoms with van der Waals surface area (Å²) in [7, 11) is 1.68. The number of carboxylic acid groups (broad SMARTS) is 1. The number of likely N-dealkylation sites (N-methyl/N-ethyl adjacent to an activating group) is 1. The quantitative estimate of drug-likeness (QED) is 0.272. The normalized spacial score (nSPS) is 15.1. The van der Waals surface area contributed by atoms with Crippen molar-refractivity contribution in [2.45, 2.75) is 31.7 Å². The molecule has 3 N–H and O–H groups in total. The zero-order chi connectivity index (χ0) is 32.9. The summed E-state index contributed by atoms with van der Waals surface area (Å²) in [5.74, 6) is -2.81. The van der Waals surface area contributed by atoms with E-state index >= 15 is 0 Å². The van der Waals surface area contributed by atoms with Crippen LogP contribution in [0.4, 0.5) is 18.9 Å². The number of aromatic nitrogens is 2. The Balaban J connectivity index is 0.000000591. The van der Waals surface area contributed by atoms with Crippen molar-refractivity contribution in [2.24, 2.45) is 0 Å². The average molecular weight is 687 g/mol. The van der Waals surface area contributed by atoms with Crippen LogP contribution in [0.15, 0.2) is 71.2 Å². The highest BCUT2D eigenvalue weighted by Gasteiger charge is 2.38. The molecular weight excluding hydrogens is 661 g/mol. The van der Waals surface area contributed by atoms with Crippen LogP contribution in [-0.4, -0.2) is 64.6 Å². The molecule has 0 bridgehead atoms. The Bertz CT molecular complexity index is 1790. The maximum absolute atomic E-state index is 13.9. The molecule has 3 aromatic carbocycles. The van der Waals surface area contributed by atoms with Crippen LogP contribution >= 0.6 is 15.9 Å². The fourth-order valence-electron chi connectivity index (χ4n) is 4.40. The number of rotatable bonds is 6. The summed E-state index contributed by atoms with van der Waals surface area (Å²) in [6, 6.07) is 21.2. The predicted octanol–water partition coefficient (Wildman–Crippen LogP) is 4.31. The fraction of sp³-hybridized carbons (Fsp3) is 0.233. The van der Waals surface area contributed by atoms with Gasteiger partial charge in [0.2, 0.25) is 5.91 Å². The maximum atomic E-state index is 13.9. The van der Waals surface area contributed by atoms with E-state index in [-0.39, 0.29) is 25.0 Å². The molecule has 15 heteroatoms. The van der Waals surface area contributed by atoms with E-state index in [0.29, 0.717) is 28.4 Å². The van der Waals surface area contributed by atoms with Crippen LogP contribution in [0.3, 0.4) is 0 Å². The number of benzene rings is 3. The summed E-state index contributed by atoms with van der Waals surface area (Å²) >= 11 is 3.54. The first-order valence-electron chi connectivity index (χ1n) is 13.3. The van der Waals surface area contributed by atoms with Gasteiger partial charge in [-0.25, -0.2) is 9.48 Å². The van der Waals surface area contributed by atoms with Crippen LogP contribution in [0, 0.1) is 11.3 Å². The number of hydrogen-bond donors (Lipinski definition) is 3. The molecule has 2 amide bonds. The number of carbonyl (C=O) groups excluding carboxylic acids is 2. The third kappa shape index (κ3) is 7.41. The largest absolute Gasteiger partial charge is 0.490 e. The Hall–Kier alpha value is -4.94. The molecule has 234 valence electrons. The van der Waals surface area contributed by atoms with Crippen LogP contribution in [-0.2, 0) is 20.9 Å². The molecule has 0 aliphatic carbocycles. The summed E-state index contributed by atoms with van der Waals surface area (Å²) in [4.78, 5) is 37.0. The number of nitriles is 1. The van der Waals surface area contributed by atoms with Crippen LogP contribution in [0.5, 0.6) is 5.75 Å². The van der Waals surface area contributed by atoms with Gasteiger partial charge >= 0.3 is 12.1 Å². The van der Waals surface area contributed by atoms with E-state index in [1.54, 1.807) is 41.8 Å². The summed E-state index contributed by atoms with van der Waals surface area (Å²) in [6.07, 6.45) is -5.08. The van der Waals surface area contributed by atoms with Crippen molar-refractivity contribution in [3.8, 4) is 17.5 Å². The van der Waals surface area contributed by atoms with Crippen molar-refractivity contribution in [1.29, 1.82) is 5.26 Å². The first-order valence-corrected chi connectivity index (χ1v) is 14.1. The Kier molecular flexibility index (Phi) is 10.1. The van der Waals surface area contributed by atoms with Gasteiger partial charge < -0.3 is 25.4 Å². The maximum Gasteiger partial charge on any atom is 0.490 e. The monoisotopic (exact) mass is 686 g/mol. The molecule has 1 aliphatic heterocycles. The second kappa shape index (κ2) is 13.8. The number of hydrogen-bond acceptors (Lipinski definition) is 7. The second-order valence-corrected chi connectivity index (χ2v) is 10.6. The molecule has 0 unspecified atom stereocenters. The zero-order valence-electron chi connectivity index (χ0n) is 23.8. The van der Waals surface area contributed by atoms with Gasteiger partial charge in [-0.05, 0) is 56.4 Å². The van der Waals surface area contributed by atoms with E-state index in [9.17, 15) is 28.0 Å². The lowest BCUT2D eigenvalue weighted by Crippen LogP contribution is -2.53. The van der Waals surface area contributed by atoms with Gasteiger partial charge in [0, 0.05) is 9.86 Å². The number of nitrogens with one attached hydrogen (secondary N) is 2. The van der Waals surface area contributed by atoms with Gasteiger partial charge in [-0.15, -0.1) is 0 Å². The first kappa shape index (κ1) is 33.0. The van der Waals surface area contributed by atoms with Crippen molar-refractivity contribution in [2.75, 3.05) is 18.6 Å². The molecule has 0 saturated carbocycles. The van der Waals surface area contributed by atoms with Crippen molar-refractivity contribution in [1.82, 2.24) is 20.4 Å². The summed E-state index contributed by atoms with van der Waals surface area (Å²) in [6.45, 7) is 1.86. The molecule has 1 aromatic heterocycles. The van der Waals surface area contributed by atoms with Crippen molar-refractivity contribution in [3.63, 3.8) is 0 Å². The topological polar surface area (TPSA) is 150 Å². The zero-order valence-corrected chi connectivity index (χ0v) is 25.4. The molecule has 2 heterocycles. The lowest BCUT2D eigenvalue weighted by Gasteiger charge is -2.25. The van der Waals surface area contributed by atoms with Crippen molar-refractivity contribution in [3.05, 3.63) is 82.5 Å². The van der Waals surface area contributed by atoms with Gasteiger partial charge in [-0.1, -0.05) is 40.2 Å². The number of ether oxygens (including phenoxy) is 1. The number of fused-ring (bicyclic) bond motifs is 2. The van der Waals surface area contributed by atoms with Gasteiger partial charge in [0.1, 0.15) is 24.5 Å². The molecule has 45 heavy (non-hydrogen) atoms. The minimum atomic E-state index is -5.08. The SMILES string of the molecule is CN[C@@H](C)C(=O)N[C@H]1COc2ccccc2N(Cc2nn(-c3ccccc3C#N)c3cc(Br)ccc23)C1=O.O=C(O)C(F)(F)F. The number of amides is 2. The van der Waals surface area contributed by atoms with Gasteiger partial charge in [0.25, 0.3) is 5.91 Å². The third-order valence-corrected chi connectivity index (χ3v) is 7.28. The minimum absolute atomic E-state index is 0.00615. The van der Waals surface area contributed by atoms with Gasteiger partial charge in [-0.3, -0.25) is 9.59 Å². The number of aliphatic carboxylic acids is 1. The minimum Gasteiger partial charge on any atom is -0.489 e. The fourth-order valence-corrected chi connectivity index (χ4v) is 4.75. The Labute approximate surface area is 263 Å². The van der Waals surface area contributed by atoms with Gasteiger partial charge in [0.15, 0.2) is 0 Å². The van der Waals surface area contributed by atoms with E-state index < -0.39 is 24.2 Å². The number of nitrogens with zero attached hydrogens (tertiary/aromatic N) is 4. The molecular formula is C30H26BrF3N6O5. The van der Waals surface area contributed by atoms with E-state index in [0.717, 1.165) is 15.4 Å². The lowest BCUT2D eigenvalue weighted by atomic mass is 10.1. The van der Waals surface area contributed by atoms with Crippen molar-refractivity contribution < 1.29 is 37.4 Å². The molecule has 0 saturated heterocycles. The van der Waals surface area contributed by atoms with E-state index in [2.05, 4.69) is 32.6 Å². The molecule has 2 atom stereocenters. The lowest BCUT2D eigenvalue weighted by molar-refractivity contribution is -0.192. The number of para-hydroxylation sites is 3. The highest BCUT2D eigenvalue weighted by molar-refractivity contribution is 9.10. The van der Waals surface area contributed by atoms with E-state index in [4.69, 9.17) is 19.7 Å². The standard InChI is InChI=1S/C28H25BrN6O3.C2HF3O2/c1-17(31-2)27(36)32-22-16-38-26-10-6-5-9-24(26)34(28(22)37)15-21-20-12-11-19(29)13-25(20)35(33-21)23-8-4-3-7-18(23)14-30;3-2(4,5)1(6)7/h3-13,17,22,31H,15-16H2,1-2H3,(H,32,36);(H,6,7)/t17-,22-;/m0./s1. The Morgan fingerprint density at radius 2 is 1.80 bits per heavy atom. The van der Waals surface area contributed by atoms with Crippen LogP contribution in [0.2, 0.25) is 0 Å². The molecule has 1 aliphatic rings. The number of carbonyl (C=O) groups is 3. The third-order valence-electron chi connectivity index (χ3n) is 6.79. The Morgan fingerprint density at radius 3 is 2.44 bits per heavy atom. The van der Waals surface area contributed by atoms with Crippen LogP contribution < -0.4 is 20.3 Å². The number of alkyl halides is 3. The first-order chi connectivity index (χ1) is 21.3. The molecule has 4 aromatic rings. The molecule has 5 rings (SSSR count). The summed E-state index contributed by atoms with van der Waals surface area (Å²) < 4.78 is 40.3.